The standard InChI is InChI=1S/C21H24N/c1-16-10-6-8-12-19(16)18(3)14-15-21(22(4)5)20-13-9-7-11-17(20)2/h6-15H,3H2,1-2,4-5H3/q+1. The summed E-state index contributed by atoms with van der Waals surface area (Å²) in [5.74, 6) is 0. The lowest BCUT2D eigenvalue weighted by atomic mass is 9.99. The molecule has 0 atom stereocenters. The number of aryl methyl sites for hydroxylation is 2. The molecule has 112 valence electrons. The van der Waals surface area contributed by atoms with Gasteiger partial charge in [-0.3, -0.25) is 0 Å². The van der Waals surface area contributed by atoms with Crippen LogP contribution >= 0.6 is 0 Å². The monoisotopic (exact) mass is 290 g/mol. The molecule has 0 aliphatic heterocycles. The Morgan fingerprint density at radius 2 is 1.32 bits per heavy atom. The van der Waals surface area contributed by atoms with Crippen LogP contribution in [0.3, 0.4) is 0 Å². The lowest BCUT2D eigenvalue weighted by Gasteiger charge is -2.06. The van der Waals surface area contributed by atoms with Crippen LogP contribution in [0.4, 0.5) is 0 Å². The molecule has 0 amide bonds. The molecule has 0 spiro atoms. The lowest BCUT2D eigenvalue weighted by Crippen LogP contribution is -2.13. The van der Waals surface area contributed by atoms with Crippen LogP contribution in [0.5, 0.6) is 0 Å². The van der Waals surface area contributed by atoms with Crippen LogP contribution in [0.15, 0.2) is 67.3 Å². The average molecular weight is 290 g/mol. The first-order valence-corrected chi connectivity index (χ1v) is 7.54. The van der Waals surface area contributed by atoms with Gasteiger partial charge < -0.3 is 0 Å². The first-order valence-electron chi connectivity index (χ1n) is 7.54. The maximum absolute atomic E-state index is 4.21. The van der Waals surface area contributed by atoms with Crippen molar-refractivity contribution in [3.05, 3.63) is 89.5 Å². The Labute approximate surface area is 133 Å². The Bertz CT molecular complexity index is 744. The van der Waals surface area contributed by atoms with E-state index >= 15 is 0 Å². The normalized spacial score (nSPS) is 10.7. The minimum atomic E-state index is 1.03. The van der Waals surface area contributed by atoms with Crippen LogP contribution in [-0.4, -0.2) is 24.4 Å². The molecule has 0 aromatic heterocycles. The topological polar surface area (TPSA) is 3.01 Å². The molecule has 0 fully saturated rings. The predicted octanol–water partition coefficient (Wildman–Crippen LogP) is 4.63. The first kappa shape index (κ1) is 16.0. The minimum Gasteiger partial charge on any atom is -0.235 e. The number of rotatable bonds is 4. The molecule has 22 heavy (non-hydrogen) atoms. The van der Waals surface area contributed by atoms with Gasteiger partial charge in [0.2, 0.25) is 5.71 Å². The fourth-order valence-electron chi connectivity index (χ4n) is 2.54. The zero-order valence-corrected chi connectivity index (χ0v) is 13.9. The van der Waals surface area contributed by atoms with Gasteiger partial charge in [-0.25, -0.2) is 4.58 Å². The number of nitrogens with zero attached hydrogens (tertiary/aromatic N) is 1. The molecule has 0 aliphatic carbocycles. The lowest BCUT2D eigenvalue weighted by molar-refractivity contribution is -0.463. The number of hydrogen-bond donors (Lipinski definition) is 0. The summed E-state index contributed by atoms with van der Waals surface area (Å²) in [5, 5.41) is 0. The van der Waals surface area contributed by atoms with Gasteiger partial charge in [-0.05, 0) is 48.3 Å². The Kier molecular flexibility index (Phi) is 5.11. The molecular weight excluding hydrogens is 266 g/mol. The van der Waals surface area contributed by atoms with Crippen LogP contribution in [0.2, 0.25) is 0 Å². The van der Waals surface area contributed by atoms with Crippen molar-refractivity contribution in [3.63, 3.8) is 0 Å². The van der Waals surface area contributed by atoms with Gasteiger partial charge in [-0.15, -0.1) is 0 Å². The van der Waals surface area contributed by atoms with Gasteiger partial charge in [0.1, 0.15) is 14.1 Å². The van der Waals surface area contributed by atoms with E-state index in [1.807, 2.05) is 0 Å². The van der Waals surface area contributed by atoms with Crippen LogP contribution in [0, 0.1) is 13.8 Å². The third-order valence-corrected chi connectivity index (χ3v) is 3.84. The van der Waals surface area contributed by atoms with Gasteiger partial charge >= 0.3 is 0 Å². The molecule has 0 N–H and O–H groups in total. The third kappa shape index (κ3) is 3.62. The number of benzene rings is 2. The van der Waals surface area contributed by atoms with Gasteiger partial charge in [-0.2, -0.15) is 0 Å². The molecule has 2 aromatic carbocycles. The Balaban J connectivity index is 2.35. The summed E-state index contributed by atoms with van der Waals surface area (Å²) < 4.78 is 2.14. The van der Waals surface area contributed by atoms with E-state index in [-0.39, 0.29) is 0 Å². The Hall–Kier alpha value is -2.41. The average Bonchev–Trinajstić information content (AvgIpc) is 2.49. The quantitative estimate of drug-likeness (QED) is 0.438. The van der Waals surface area contributed by atoms with Gasteiger partial charge in [0.15, 0.2) is 0 Å². The molecule has 2 aromatic rings. The van der Waals surface area contributed by atoms with E-state index < -0.39 is 0 Å². The highest BCUT2D eigenvalue weighted by Crippen LogP contribution is 2.18. The van der Waals surface area contributed by atoms with Crippen LogP contribution in [0.25, 0.3) is 5.57 Å². The maximum Gasteiger partial charge on any atom is 0.207 e. The smallest absolute Gasteiger partial charge is 0.207 e. The summed E-state index contributed by atoms with van der Waals surface area (Å²) in [6.07, 6.45) is 4.25. The zero-order chi connectivity index (χ0) is 16.1. The zero-order valence-electron chi connectivity index (χ0n) is 13.9. The van der Waals surface area contributed by atoms with Crippen molar-refractivity contribution in [2.45, 2.75) is 13.8 Å². The van der Waals surface area contributed by atoms with Crippen molar-refractivity contribution < 1.29 is 4.58 Å². The van der Waals surface area contributed by atoms with Crippen molar-refractivity contribution in [1.29, 1.82) is 0 Å². The summed E-state index contributed by atoms with van der Waals surface area (Å²) in [5.41, 5.74) is 7.19. The SMILES string of the molecule is C=C(C=CC(c1ccccc1C)=[N+](C)C)c1ccccc1C. The Morgan fingerprint density at radius 1 is 0.818 bits per heavy atom. The first-order chi connectivity index (χ1) is 10.5. The molecule has 0 aliphatic rings. The molecule has 2 rings (SSSR count). The van der Waals surface area contributed by atoms with Gasteiger partial charge in [0.05, 0.1) is 0 Å². The second-order valence-electron chi connectivity index (χ2n) is 5.77. The molecule has 1 nitrogen and oxygen atoms in total. The van der Waals surface area contributed by atoms with Gasteiger partial charge in [0, 0.05) is 11.6 Å². The highest BCUT2D eigenvalue weighted by atomic mass is 14.9. The van der Waals surface area contributed by atoms with Crippen LogP contribution in [-0.2, 0) is 0 Å². The summed E-state index contributed by atoms with van der Waals surface area (Å²) in [4.78, 5) is 0. The van der Waals surface area contributed by atoms with Crippen LogP contribution in [0.1, 0.15) is 22.3 Å². The molecule has 0 unspecified atom stereocenters. The van der Waals surface area contributed by atoms with Crippen molar-refractivity contribution >= 4 is 11.3 Å². The van der Waals surface area contributed by atoms with Crippen molar-refractivity contribution in [1.82, 2.24) is 0 Å². The van der Waals surface area contributed by atoms with E-state index in [2.05, 4.69) is 99.8 Å². The van der Waals surface area contributed by atoms with Gasteiger partial charge in [-0.1, -0.05) is 49.0 Å². The largest absolute Gasteiger partial charge is 0.235 e. The second kappa shape index (κ2) is 7.04. The molecule has 1 heteroatoms. The second-order valence-corrected chi connectivity index (χ2v) is 5.77. The number of hydrogen-bond acceptors (Lipinski definition) is 0. The van der Waals surface area contributed by atoms with E-state index in [4.69, 9.17) is 0 Å². The summed E-state index contributed by atoms with van der Waals surface area (Å²) in [6.45, 7) is 8.47. The minimum absolute atomic E-state index is 1.03. The maximum atomic E-state index is 4.21. The molecule has 0 saturated heterocycles. The summed E-state index contributed by atoms with van der Waals surface area (Å²) in [6, 6.07) is 16.8. The fourth-order valence-corrected chi connectivity index (χ4v) is 2.54. The molecule has 0 radical (unpaired) electrons. The van der Waals surface area contributed by atoms with E-state index in [1.165, 1.54) is 28.0 Å². The molecular formula is C21H24N+. The van der Waals surface area contributed by atoms with Crippen molar-refractivity contribution in [2.75, 3.05) is 14.1 Å². The van der Waals surface area contributed by atoms with E-state index in [0.717, 1.165) is 5.57 Å². The highest BCUT2D eigenvalue weighted by molar-refractivity contribution is 6.07. The highest BCUT2D eigenvalue weighted by Gasteiger charge is 2.10. The Morgan fingerprint density at radius 3 is 1.82 bits per heavy atom. The third-order valence-electron chi connectivity index (χ3n) is 3.84. The van der Waals surface area contributed by atoms with Gasteiger partial charge in [0.25, 0.3) is 0 Å². The van der Waals surface area contributed by atoms with E-state index in [9.17, 15) is 0 Å². The summed E-state index contributed by atoms with van der Waals surface area (Å²) >= 11 is 0. The van der Waals surface area contributed by atoms with Crippen LogP contribution < -0.4 is 0 Å². The van der Waals surface area contributed by atoms with Crippen molar-refractivity contribution in [3.8, 4) is 0 Å². The fraction of sp³-hybridized carbons (Fsp3) is 0.190. The summed E-state index contributed by atoms with van der Waals surface area (Å²) in [7, 11) is 4.14. The van der Waals surface area contributed by atoms with E-state index in [1.54, 1.807) is 0 Å². The van der Waals surface area contributed by atoms with Crippen molar-refractivity contribution in [2.24, 2.45) is 0 Å². The van der Waals surface area contributed by atoms with E-state index in [0.29, 0.717) is 0 Å². The molecule has 0 bridgehead atoms. The number of allylic oxidation sites excluding steroid dienone is 3. The molecule has 0 saturated carbocycles. The molecule has 0 heterocycles. The predicted molar refractivity (Wildman–Crippen MR) is 96.7 cm³/mol.